The summed E-state index contributed by atoms with van der Waals surface area (Å²) in [6.45, 7) is 3.75. The van der Waals surface area contributed by atoms with Crippen molar-refractivity contribution < 1.29 is 4.79 Å². The summed E-state index contributed by atoms with van der Waals surface area (Å²) in [5.74, 6) is -0.0723. The lowest BCUT2D eigenvalue weighted by atomic mass is 10.1. The number of aryl methyl sites for hydroxylation is 2. The summed E-state index contributed by atoms with van der Waals surface area (Å²) in [5.41, 5.74) is 2.69. The Morgan fingerprint density at radius 3 is 3.04 bits per heavy atom. The molecule has 3 heterocycles. The van der Waals surface area contributed by atoms with Gasteiger partial charge < -0.3 is 10.2 Å². The third-order valence-corrected chi connectivity index (χ3v) is 5.91. The molecule has 1 amide bonds. The van der Waals surface area contributed by atoms with E-state index in [0.717, 1.165) is 51.9 Å². The summed E-state index contributed by atoms with van der Waals surface area (Å²) in [6.07, 6.45) is 5.32. The van der Waals surface area contributed by atoms with Crippen LogP contribution in [-0.4, -0.2) is 39.8 Å². The summed E-state index contributed by atoms with van der Waals surface area (Å²) in [7, 11) is 1.81. The predicted molar refractivity (Wildman–Crippen MR) is 105 cm³/mol. The summed E-state index contributed by atoms with van der Waals surface area (Å²) >= 11 is 7.83. The second-order valence-electron chi connectivity index (χ2n) is 6.73. The summed E-state index contributed by atoms with van der Waals surface area (Å²) < 4.78 is 2.74. The third kappa shape index (κ3) is 3.41. The molecule has 0 saturated carbocycles. The molecule has 1 fully saturated rings. The fourth-order valence-electron chi connectivity index (χ4n) is 3.35. The fourth-order valence-corrected chi connectivity index (χ4v) is 4.81. The SMILES string of the molecule is Cc1cc(Cl)cc2sc(N3CCCC(NC(=O)c4cnn(C)c4)C3)nc12. The Morgan fingerprint density at radius 1 is 1.42 bits per heavy atom. The molecule has 1 unspecified atom stereocenters. The Kier molecular flexibility index (Phi) is 4.58. The number of amides is 1. The molecule has 0 aliphatic carbocycles. The van der Waals surface area contributed by atoms with E-state index in [1.807, 2.05) is 19.1 Å². The fraction of sp³-hybridized carbons (Fsp3) is 0.389. The molecule has 1 aliphatic heterocycles. The molecule has 8 heteroatoms. The maximum absolute atomic E-state index is 12.4. The summed E-state index contributed by atoms with van der Waals surface area (Å²) in [4.78, 5) is 19.5. The molecule has 6 nitrogen and oxygen atoms in total. The molecule has 4 rings (SSSR count). The highest BCUT2D eigenvalue weighted by atomic mass is 35.5. The van der Waals surface area contributed by atoms with Crippen LogP contribution in [0, 0.1) is 6.92 Å². The lowest BCUT2D eigenvalue weighted by Gasteiger charge is -2.32. The topological polar surface area (TPSA) is 63.1 Å². The first-order valence-corrected chi connectivity index (χ1v) is 9.80. The minimum Gasteiger partial charge on any atom is -0.347 e. The van der Waals surface area contributed by atoms with Gasteiger partial charge in [0.1, 0.15) is 0 Å². The van der Waals surface area contributed by atoms with Gasteiger partial charge >= 0.3 is 0 Å². The third-order valence-electron chi connectivity index (χ3n) is 4.63. The lowest BCUT2D eigenvalue weighted by Crippen LogP contribution is -2.47. The van der Waals surface area contributed by atoms with Crippen LogP contribution in [0.25, 0.3) is 10.2 Å². The number of nitrogens with one attached hydrogen (secondary N) is 1. The van der Waals surface area contributed by atoms with Crippen molar-refractivity contribution in [1.29, 1.82) is 0 Å². The summed E-state index contributed by atoms with van der Waals surface area (Å²) in [5, 5.41) is 8.92. The predicted octanol–water partition coefficient (Wildman–Crippen LogP) is 3.39. The van der Waals surface area contributed by atoms with Gasteiger partial charge in [0.2, 0.25) is 0 Å². The number of halogens is 1. The van der Waals surface area contributed by atoms with Crippen molar-refractivity contribution in [1.82, 2.24) is 20.1 Å². The van der Waals surface area contributed by atoms with Crippen molar-refractivity contribution in [2.75, 3.05) is 18.0 Å². The molecular formula is C18H20ClN5OS. The van der Waals surface area contributed by atoms with Gasteiger partial charge in [-0.15, -0.1) is 0 Å². The first kappa shape index (κ1) is 17.3. The minimum absolute atomic E-state index is 0.0723. The zero-order valence-corrected chi connectivity index (χ0v) is 16.3. The molecule has 1 atom stereocenters. The average Bonchev–Trinajstić information content (AvgIpc) is 3.21. The molecular weight excluding hydrogens is 370 g/mol. The van der Waals surface area contributed by atoms with E-state index in [0.29, 0.717) is 5.56 Å². The largest absolute Gasteiger partial charge is 0.347 e. The first-order valence-electron chi connectivity index (χ1n) is 8.61. The number of rotatable bonds is 3. The normalized spacial score (nSPS) is 17.7. The number of fused-ring (bicyclic) bond motifs is 1. The highest BCUT2D eigenvalue weighted by molar-refractivity contribution is 7.22. The number of aromatic nitrogens is 3. The second kappa shape index (κ2) is 6.89. The second-order valence-corrected chi connectivity index (χ2v) is 8.17. The van der Waals surface area contributed by atoms with Crippen molar-refractivity contribution in [3.63, 3.8) is 0 Å². The molecule has 1 aromatic carbocycles. The van der Waals surface area contributed by atoms with Crippen LogP contribution >= 0.6 is 22.9 Å². The van der Waals surface area contributed by atoms with E-state index in [-0.39, 0.29) is 11.9 Å². The Balaban J connectivity index is 1.50. The maximum Gasteiger partial charge on any atom is 0.254 e. The first-order chi connectivity index (χ1) is 12.5. The van der Waals surface area contributed by atoms with Gasteiger partial charge in [-0.1, -0.05) is 22.9 Å². The van der Waals surface area contributed by atoms with Gasteiger partial charge in [-0.2, -0.15) is 5.10 Å². The van der Waals surface area contributed by atoms with E-state index < -0.39 is 0 Å². The van der Waals surface area contributed by atoms with Crippen molar-refractivity contribution in [3.05, 3.63) is 40.7 Å². The summed E-state index contributed by atoms with van der Waals surface area (Å²) in [6, 6.07) is 4.02. The van der Waals surface area contributed by atoms with E-state index in [9.17, 15) is 4.79 Å². The lowest BCUT2D eigenvalue weighted by molar-refractivity contribution is 0.0933. The van der Waals surface area contributed by atoms with Gasteiger partial charge in [0.25, 0.3) is 5.91 Å². The number of carbonyl (C=O) groups excluding carboxylic acids is 1. The van der Waals surface area contributed by atoms with Crippen LogP contribution in [0.1, 0.15) is 28.8 Å². The molecule has 136 valence electrons. The minimum atomic E-state index is -0.0723. The van der Waals surface area contributed by atoms with Crippen LogP contribution in [0.5, 0.6) is 0 Å². The molecule has 2 aromatic heterocycles. The van der Waals surface area contributed by atoms with Gasteiger partial charge in [0.05, 0.1) is 22.0 Å². The number of hydrogen-bond acceptors (Lipinski definition) is 5. The zero-order valence-electron chi connectivity index (χ0n) is 14.7. The molecule has 0 spiro atoms. The van der Waals surface area contributed by atoms with E-state index in [1.165, 1.54) is 0 Å². The molecule has 3 aromatic rings. The monoisotopic (exact) mass is 389 g/mol. The van der Waals surface area contributed by atoms with Crippen molar-refractivity contribution in [2.24, 2.45) is 7.05 Å². The average molecular weight is 390 g/mol. The van der Waals surface area contributed by atoms with E-state index in [2.05, 4.69) is 15.3 Å². The van der Waals surface area contributed by atoms with E-state index >= 15 is 0 Å². The van der Waals surface area contributed by atoms with Crippen molar-refractivity contribution >= 4 is 44.2 Å². The highest BCUT2D eigenvalue weighted by Gasteiger charge is 2.24. The number of thiazole rings is 1. The Morgan fingerprint density at radius 2 is 2.27 bits per heavy atom. The number of benzene rings is 1. The molecule has 1 saturated heterocycles. The number of carbonyl (C=O) groups is 1. The van der Waals surface area contributed by atoms with Crippen LogP contribution in [0.3, 0.4) is 0 Å². The molecule has 1 aliphatic rings. The number of nitrogens with zero attached hydrogens (tertiary/aromatic N) is 4. The van der Waals surface area contributed by atoms with Crippen LogP contribution < -0.4 is 10.2 Å². The van der Waals surface area contributed by atoms with Crippen LogP contribution in [0.4, 0.5) is 5.13 Å². The number of anilines is 1. The number of hydrogen-bond donors (Lipinski definition) is 1. The smallest absolute Gasteiger partial charge is 0.254 e. The van der Waals surface area contributed by atoms with Crippen molar-refractivity contribution in [3.8, 4) is 0 Å². The molecule has 1 N–H and O–H groups in total. The Labute approximate surface area is 160 Å². The van der Waals surface area contributed by atoms with E-state index in [1.54, 1.807) is 35.5 Å². The van der Waals surface area contributed by atoms with Gasteiger partial charge in [0.15, 0.2) is 5.13 Å². The Bertz CT molecular complexity index is 966. The van der Waals surface area contributed by atoms with Gasteiger partial charge in [-0.3, -0.25) is 9.48 Å². The zero-order chi connectivity index (χ0) is 18.3. The quantitative estimate of drug-likeness (QED) is 0.745. The van der Waals surface area contributed by atoms with Gasteiger partial charge in [-0.05, 0) is 37.5 Å². The Hall–Kier alpha value is -2.12. The van der Waals surface area contributed by atoms with Crippen LogP contribution in [0.2, 0.25) is 5.02 Å². The van der Waals surface area contributed by atoms with Gasteiger partial charge in [-0.25, -0.2) is 4.98 Å². The number of piperidine rings is 1. The maximum atomic E-state index is 12.4. The molecule has 0 bridgehead atoms. The highest BCUT2D eigenvalue weighted by Crippen LogP contribution is 2.34. The van der Waals surface area contributed by atoms with Crippen LogP contribution in [-0.2, 0) is 7.05 Å². The van der Waals surface area contributed by atoms with Gasteiger partial charge in [0, 0.05) is 37.4 Å². The standard InChI is InChI=1S/C18H20ClN5OS/c1-11-6-13(19)7-15-16(11)22-18(26-15)24-5-3-4-14(10-24)21-17(25)12-8-20-23(2)9-12/h6-9,14H,3-5,10H2,1-2H3,(H,21,25). The molecule has 26 heavy (non-hydrogen) atoms. The van der Waals surface area contributed by atoms with Crippen LogP contribution in [0.15, 0.2) is 24.5 Å². The van der Waals surface area contributed by atoms with Crippen molar-refractivity contribution in [2.45, 2.75) is 25.8 Å². The van der Waals surface area contributed by atoms with E-state index in [4.69, 9.17) is 16.6 Å². The molecule has 0 radical (unpaired) electrons.